The summed E-state index contributed by atoms with van der Waals surface area (Å²) in [4.78, 5) is 0. The standard InChI is InChI=1S/C16H26/c1-13-3-5-14(6-4-13)16-10-7-15(2,8-11-16)9-12-16/h3,14H,4-12H2,1-2H3. The van der Waals surface area contributed by atoms with Gasteiger partial charge in [-0.3, -0.25) is 0 Å². The van der Waals surface area contributed by atoms with Crippen molar-refractivity contribution >= 4 is 0 Å². The van der Waals surface area contributed by atoms with Crippen molar-refractivity contribution in [3.05, 3.63) is 11.6 Å². The number of allylic oxidation sites excluding steroid dienone is 2. The monoisotopic (exact) mass is 218 g/mol. The number of rotatable bonds is 1. The van der Waals surface area contributed by atoms with Crippen LogP contribution in [0, 0.1) is 16.7 Å². The van der Waals surface area contributed by atoms with Crippen LogP contribution in [0.25, 0.3) is 0 Å². The molecule has 0 aromatic heterocycles. The maximum atomic E-state index is 2.53. The number of hydrogen-bond donors (Lipinski definition) is 0. The molecule has 90 valence electrons. The van der Waals surface area contributed by atoms with Gasteiger partial charge >= 0.3 is 0 Å². The van der Waals surface area contributed by atoms with E-state index in [-0.39, 0.29) is 0 Å². The third kappa shape index (κ3) is 1.65. The first-order valence-corrected chi connectivity index (χ1v) is 7.28. The number of hydrogen-bond acceptors (Lipinski definition) is 0. The van der Waals surface area contributed by atoms with Crippen LogP contribution in [0.2, 0.25) is 0 Å². The molecule has 2 bridgehead atoms. The van der Waals surface area contributed by atoms with Crippen LogP contribution in [0.4, 0.5) is 0 Å². The molecule has 0 aromatic carbocycles. The Kier molecular flexibility index (Phi) is 2.46. The Balaban J connectivity index is 1.75. The van der Waals surface area contributed by atoms with E-state index < -0.39 is 0 Å². The first-order chi connectivity index (χ1) is 7.62. The Labute approximate surface area is 101 Å². The van der Waals surface area contributed by atoms with Gasteiger partial charge in [-0.2, -0.15) is 0 Å². The van der Waals surface area contributed by atoms with Crippen LogP contribution in [0.15, 0.2) is 11.6 Å². The average molecular weight is 218 g/mol. The predicted octanol–water partition coefficient (Wildman–Crippen LogP) is 5.09. The van der Waals surface area contributed by atoms with Gasteiger partial charge in [-0.05, 0) is 81.5 Å². The normalized spacial score (nSPS) is 47.9. The molecule has 0 amide bonds. The second-order valence-electron chi connectivity index (χ2n) is 7.19. The molecule has 0 aliphatic heterocycles. The molecule has 4 rings (SSSR count). The van der Waals surface area contributed by atoms with Gasteiger partial charge in [-0.15, -0.1) is 0 Å². The Bertz CT molecular complexity index is 285. The first kappa shape index (κ1) is 10.9. The molecule has 0 heteroatoms. The molecular weight excluding hydrogens is 192 g/mol. The van der Waals surface area contributed by atoms with Gasteiger partial charge in [-0.25, -0.2) is 0 Å². The van der Waals surface area contributed by atoms with Crippen molar-refractivity contribution in [2.24, 2.45) is 16.7 Å². The lowest BCUT2D eigenvalue weighted by molar-refractivity contribution is -0.0415. The summed E-state index contributed by atoms with van der Waals surface area (Å²) in [5.41, 5.74) is 3.15. The summed E-state index contributed by atoms with van der Waals surface area (Å²) in [6.07, 6.45) is 16.0. The van der Waals surface area contributed by atoms with Gasteiger partial charge in [0.15, 0.2) is 0 Å². The molecular formula is C16H26. The molecule has 3 saturated carbocycles. The van der Waals surface area contributed by atoms with Gasteiger partial charge in [0.05, 0.1) is 0 Å². The van der Waals surface area contributed by atoms with Crippen molar-refractivity contribution in [1.82, 2.24) is 0 Å². The highest BCUT2D eigenvalue weighted by Crippen LogP contribution is 2.61. The van der Waals surface area contributed by atoms with Crippen molar-refractivity contribution in [2.75, 3.05) is 0 Å². The fourth-order valence-electron chi connectivity index (χ4n) is 4.54. The van der Waals surface area contributed by atoms with Crippen LogP contribution in [0.1, 0.15) is 71.6 Å². The summed E-state index contributed by atoms with van der Waals surface area (Å²) in [5, 5.41) is 0. The van der Waals surface area contributed by atoms with Gasteiger partial charge in [0.1, 0.15) is 0 Å². The Morgan fingerprint density at radius 1 is 1.06 bits per heavy atom. The second kappa shape index (κ2) is 3.62. The lowest BCUT2D eigenvalue weighted by atomic mass is 9.49. The predicted molar refractivity (Wildman–Crippen MR) is 69.3 cm³/mol. The van der Waals surface area contributed by atoms with Crippen LogP contribution >= 0.6 is 0 Å². The fourth-order valence-corrected chi connectivity index (χ4v) is 4.54. The minimum Gasteiger partial charge on any atom is -0.0853 e. The molecule has 4 aliphatic rings. The van der Waals surface area contributed by atoms with Crippen molar-refractivity contribution in [3.8, 4) is 0 Å². The maximum Gasteiger partial charge on any atom is -0.0265 e. The highest BCUT2D eigenvalue weighted by Gasteiger charge is 2.49. The third-order valence-corrected chi connectivity index (χ3v) is 6.18. The van der Waals surface area contributed by atoms with E-state index in [0.29, 0.717) is 0 Å². The summed E-state index contributed by atoms with van der Waals surface area (Å²) in [5.74, 6) is 1.03. The molecule has 0 spiro atoms. The van der Waals surface area contributed by atoms with Crippen LogP contribution in [-0.4, -0.2) is 0 Å². The Morgan fingerprint density at radius 2 is 1.69 bits per heavy atom. The molecule has 0 aromatic rings. The summed E-state index contributed by atoms with van der Waals surface area (Å²) in [6.45, 7) is 4.84. The zero-order valence-corrected chi connectivity index (χ0v) is 11.0. The lowest BCUT2D eigenvalue weighted by Gasteiger charge is -2.56. The molecule has 0 N–H and O–H groups in total. The third-order valence-electron chi connectivity index (χ3n) is 6.18. The molecule has 0 heterocycles. The zero-order chi connectivity index (χ0) is 11.2. The van der Waals surface area contributed by atoms with E-state index in [9.17, 15) is 0 Å². The minimum absolute atomic E-state index is 0.738. The largest absolute Gasteiger partial charge is 0.0853 e. The summed E-state index contributed by atoms with van der Waals surface area (Å²) in [6, 6.07) is 0. The van der Waals surface area contributed by atoms with E-state index in [1.807, 2.05) is 0 Å². The average Bonchev–Trinajstić information content (AvgIpc) is 2.31. The van der Waals surface area contributed by atoms with Gasteiger partial charge in [0.25, 0.3) is 0 Å². The molecule has 3 fully saturated rings. The van der Waals surface area contributed by atoms with Gasteiger partial charge in [-0.1, -0.05) is 18.6 Å². The van der Waals surface area contributed by atoms with Crippen molar-refractivity contribution < 1.29 is 0 Å². The van der Waals surface area contributed by atoms with Crippen LogP contribution < -0.4 is 0 Å². The molecule has 16 heavy (non-hydrogen) atoms. The van der Waals surface area contributed by atoms with Crippen LogP contribution in [-0.2, 0) is 0 Å². The highest BCUT2D eigenvalue weighted by atomic mass is 14.5. The molecule has 1 atom stereocenters. The van der Waals surface area contributed by atoms with E-state index in [2.05, 4.69) is 19.9 Å². The van der Waals surface area contributed by atoms with Crippen LogP contribution in [0.3, 0.4) is 0 Å². The summed E-state index contributed by atoms with van der Waals surface area (Å²) >= 11 is 0. The van der Waals surface area contributed by atoms with Crippen LogP contribution in [0.5, 0.6) is 0 Å². The molecule has 1 unspecified atom stereocenters. The smallest absolute Gasteiger partial charge is 0.0265 e. The minimum atomic E-state index is 0.738. The Morgan fingerprint density at radius 3 is 2.19 bits per heavy atom. The Hall–Kier alpha value is -0.260. The summed E-state index contributed by atoms with van der Waals surface area (Å²) < 4.78 is 0. The van der Waals surface area contributed by atoms with E-state index in [4.69, 9.17) is 0 Å². The summed E-state index contributed by atoms with van der Waals surface area (Å²) in [7, 11) is 0. The van der Waals surface area contributed by atoms with Crippen molar-refractivity contribution in [2.45, 2.75) is 71.6 Å². The van der Waals surface area contributed by atoms with Gasteiger partial charge < -0.3 is 0 Å². The van der Waals surface area contributed by atoms with E-state index in [0.717, 1.165) is 16.7 Å². The fraction of sp³-hybridized carbons (Fsp3) is 0.875. The topological polar surface area (TPSA) is 0 Å². The van der Waals surface area contributed by atoms with Gasteiger partial charge in [0.2, 0.25) is 0 Å². The zero-order valence-electron chi connectivity index (χ0n) is 11.0. The quantitative estimate of drug-likeness (QED) is 0.538. The molecule has 0 saturated heterocycles. The highest BCUT2D eigenvalue weighted by molar-refractivity contribution is 5.08. The lowest BCUT2D eigenvalue weighted by Crippen LogP contribution is -2.44. The maximum absolute atomic E-state index is 2.53. The molecule has 0 nitrogen and oxygen atoms in total. The SMILES string of the molecule is CC1=CCC(C23CCC(C)(CC2)CC3)CC1. The first-order valence-electron chi connectivity index (χ1n) is 7.28. The van der Waals surface area contributed by atoms with Crippen molar-refractivity contribution in [1.29, 1.82) is 0 Å². The molecule has 0 radical (unpaired) electrons. The molecule has 4 aliphatic carbocycles. The van der Waals surface area contributed by atoms with E-state index in [1.54, 1.807) is 24.8 Å². The second-order valence-corrected chi connectivity index (χ2v) is 7.19. The number of fused-ring (bicyclic) bond motifs is 3. The van der Waals surface area contributed by atoms with Gasteiger partial charge in [0, 0.05) is 0 Å². The van der Waals surface area contributed by atoms with Crippen molar-refractivity contribution in [3.63, 3.8) is 0 Å². The van der Waals surface area contributed by atoms with E-state index >= 15 is 0 Å². The van der Waals surface area contributed by atoms with E-state index in [1.165, 1.54) is 38.5 Å².